The van der Waals surface area contributed by atoms with Crippen LogP contribution in [0.1, 0.15) is 35.3 Å². The third-order valence-corrected chi connectivity index (χ3v) is 4.13. The predicted molar refractivity (Wildman–Crippen MR) is 87.5 cm³/mol. The highest BCUT2D eigenvalue weighted by Crippen LogP contribution is 2.20. The predicted octanol–water partition coefficient (Wildman–Crippen LogP) is 2.30. The van der Waals surface area contributed by atoms with Crippen LogP contribution in [0.5, 0.6) is 0 Å². The second-order valence-corrected chi connectivity index (χ2v) is 6.51. The Morgan fingerprint density at radius 3 is 2.33 bits per heavy atom. The fraction of sp³-hybridized carbons (Fsp3) is 0.588. The number of hydrogen-bond acceptors (Lipinski definition) is 3. The summed E-state index contributed by atoms with van der Waals surface area (Å²) in [5.74, 6) is 0.787. The minimum atomic E-state index is 0.114. The highest BCUT2D eigenvalue weighted by Gasteiger charge is 2.23. The Bertz CT molecular complexity index is 517. The van der Waals surface area contributed by atoms with Crippen LogP contribution < -0.4 is 5.73 Å². The number of carbonyl (C=O) groups excluding carboxylic acids is 1. The highest BCUT2D eigenvalue weighted by molar-refractivity contribution is 5.96. The van der Waals surface area contributed by atoms with Gasteiger partial charge in [-0.15, -0.1) is 0 Å². The van der Waals surface area contributed by atoms with Gasteiger partial charge in [-0.3, -0.25) is 9.69 Å². The quantitative estimate of drug-likeness (QED) is 0.869. The first-order valence-electron chi connectivity index (χ1n) is 7.77. The number of hydrogen-bond donors (Lipinski definition) is 1. The molecule has 1 aliphatic rings. The topological polar surface area (TPSA) is 49.6 Å². The Labute approximate surface area is 127 Å². The lowest BCUT2D eigenvalue weighted by molar-refractivity contribution is 0.0623. The van der Waals surface area contributed by atoms with E-state index in [1.807, 2.05) is 30.9 Å². The van der Waals surface area contributed by atoms with Gasteiger partial charge < -0.3 is 10.6 Å². The molecule has 1 aliphatic heterocycles. The van der Waals surface area contributed by atoms with Crippen molar-refractivity contribution in [3.8, 4) is 0 Å². The SMILES string of the molecule is Cc1cc(C)c(C(=O)N2CCN(CC(C)C)CC2)cc1N. The summed E-state index contributed by atoms with van der Waals surface area (Å²) in [6.07, 6.45) is 0. The van der Waals surface area contributed by atoms with Crippen LogP contribution in [0, 0.1) is 19.8 Å². The number of amides is 1. The van der Waals surface area contributed by atoms with Gasteiger partial charge >= 0.3 is 0 Å². The van der Waals surface area contributed by atoms with Gasteiger partial charge in [0.1, 0.15) is 0 Å². The maximum absolute atomic E-state index is 12.7. The Morgan fingerprint density at radius 1 is 1.14 bits per heavy atom. The Hall–Kier alpha value is -1.55. The molecular formula is C17H27N3O. The van der Waals surface area contributed by atoms with Crippen LogP contribution in [0.4, 0.5) is 5.69 Å². The molecule has 116 valence electrons. The maximum Gasteiger partial charge on any atom is 0.254 e. The number of benzene rings is 1. The highest BCUT2D eigenvalue weighted by atomic mass is 16.2. The monoisotopic (exact) mass is 289 g/mol. The molecule has 0 atom stereocenters. The molecule has 2 N–H and O–H groups in total. The summed E-state index contributed by atoms with van der Waals surface area (Å²) in [6.45, 7) is 13.1. The molecule has 0 aliphatic carbocycles. The summed E-state index contributed by atoms with van der Waals surface area (Å²) in [6, 6.07) is 3.82. The van der Waals surface area contributed by atoms with Crippen LogP contribution in [0.25, 0.3) is 0 Å². The molecule has 4 nitrogen and oxygen atoms in total. The lowest BCUT2D eigenvalue weighted by Gasteiger charge is -2.35. The van der Waals surface area contributed by atoms with Gasteiger partial charge in [0.05, 0.1) is 0 Å². The number of nitrogen functional groups attached to an aromatic ring is 1. The zero-order valence-electron chi connectivity index (χ0n) is 13.6. The molecule has 1 saturated heterocycles. The van der Waals surface area contributed by atoms with E-state index in [1.165, 1.54) is 0 Å². The van der Waals surface area contributed by atoms with E-state index in [0.29, 0.717) is 11.6 Å². The number of rotatable bonds is 3. The van der Waals surface area contributed by atoms with Gasteiger partial charge in [-0.25, -0.2) is 0 Å². The van der Waals surface area contributed by atoms with Crippen molar-refractivity contribution in [3.63, 3.8) is 0 Å². The fourth-order valence-electron chi connectivity index (χ4n) is 2.92. The molecule has 0 bridgehead atoms. The summed E-state index contributed by atoms with van der Waals surface area (Å²) in [4.78, 5) is 17.1. The van der Waals surface area contributed by atoms with E-state index < -0.39 is 0 Å². The second kappa shape index (κ2) is 6.48. The molecular weight excluding hydrogens is 262 g/mol. The van der Waals surface area contributed by atoms with Crippen molar-refractivity contribution in [3.05, 3.63) is 28.8 Å². The van der Waals surface area contributed by atoms with Crippen LogP contribution in [0.15, 0.2) is 12.1 Å². The first kappa shape index (κ1) is 15.8. The Balaban J connectivity index is 2.04. The molecule has 1 amide bonds. The maximum atomic E-state index is 12.7. The van der Waals surface area contributed by atoms with E-state index in [9.17, 15) is 4.79 Å². The minimum Gasteiger partial charge on any atom is -0.398 e. The van der Waals surface area contributed by atoms with Crippen molar-refractivity contribution in [2.75, 3.05) is 38.5 Å². The third kappa shape index (κ3) is 3.76. The van der Waals surface area contributed by atoms with Crippen molar-refractivity contribution in [2.45, 2.75) is 27.7 Å². The molecule has 21 heavy (non-hydrogen) atoms. The van der Waals surface area contributed by atoms with Crippen molar-refractivity contribution in [2.24, 2.45) is 5.92 Å². The van der Waals surface area contributed by atoms with Gasteiger partial charge in [0.25, 0.3) is 5.91 Å². The third-order valence-electron chi connectivity index (χ3n) is 4.13. The molecule has 1 heterocycles. The number of piperazine rings is 1. The number of aryl methyl sites for hydroxylation is 2. The second-order valence-electron chi connectivity index (χ2n) is 6.51. The molecule has 0 aromatic heterocycles. The van der Waals surface area contributed by atoms with Gasteiger partial charge in [-0.1, -0.05) is 19.9 Å². The van der Waals surface area contributed by atoms with Crippen molar-refractivity contribution in [1.82, 2.24) is 9.80 Å². The molecule has 1 aromatic carbocycles. The van der Waals surface area contributed by atoms with E-state index in [2.05, 4.69) is 18.7 Å². The molecule has 0 unspecified atom stereocenters. The summed E-state index contributed by atoms with van der Waals surface area (Å²) >= 11 is 0. The summed E-state index contributed by atoms with van der Waals surface area (Å²) in [5.41, 5.74) is 9.44. The number of anilines is 1. The van der Waals surface area contributed by atoms with Crippen molar-refractivity contribution >= 4 is 11.6 Å². The van der Waals surface area contributed by atoms with Crippen molar-refractivity contribution < 1.29 is 4.79 Å². The lowest BCUT2D eigenvalue weighted by atomic mass is 10.0. The van der Waals surface area contributed by atoms with E-state index in [1.54, 1.807) is 0 Å². The van der Waals surface area contributed by atoms with Gasteiger partial charge in [0.15, 0.2) is 0 Å². The number of nitrogens with two attached hydrogens (primary N) is 1. The Morgan fingerprint density at radius 2 is 1.76 bits per heavy atom. The Kier molecular flexibility index (Phi) is 4.88. The zero-order valence-corrected chi connectivity index (χ0v) is 13.6. The van der Waals surface area contributed by atoms with Crippen LogP contribution in [0.3, 0.4) is 0 Å². The molecule has 0 saturated carbocycles. The fourth-order valence-corrected chi connectivity index (χ4v) is 2.92. The number of nitrogens with zero attached hydrogens (tertiary/aromatic N) is 2. The lowest BCUT2D eigenvalue weighted by Crippen LogP contribution is -2.49. The molecule has 0 radical (unpaired) electrons. The van der Waals surface area contributed by atoms with E-state index in [0.717, 1.165) is 49.4 Å². The van der Waals surface area contributed by atoms with Gasteiger partial charge in [0.2, 0.25) is 0 Å². The van der Waals surface area contributed by atoms with Gasteiger partial charge in [-0.2, -0.15) is 0 Å². The van der Waals surface area contributed by atoms with E-state index in [-0.39, 0.29) is 5.91 Å². The largest absolute Gasteiger partial charge is 0.398 e. The zero-order chi connectivity index (χ0) is 15.6. The molecule has 1 aromatic rings. The normalized spacial score (nSPS) is 16.5. The first-order chi connectivity index (χ1) is 9.88. The number of carbonyl (C=O) groups is 1. The van der Waals surface area contributed by atoms with Crippen LogP contribution in [-0.4, -0.2) is 48.4 Å². The average molecular weight is 289 g/mol. The van der Waals surface area contributed by atoms with Gasteiger partial charge in [0, 0.05) is 44.0 Å². The van der Waals surface area contributed by atoms with Crippen molar-refractivity contribution in [1.29, 1.82) is 0 Å². The standard InChI is InChI=1S/C17H27N3O/c1-12(2)11-19-5-7-20(8-6-19)17(21)15-10-16(18)14(4)9-13(15)3/h9-10,12H,5-8,11,18H2,1-4H3. The summed E-state index contributed by atoms with van der Waals surface area (Å²) < 4.78 is 0. The van der Waals surface area contributed by atoms with E-state index in [4.69, 9.17) is 5.73 Å². The van der Waals surface area contributed by atoms with Crippen LogP contribution >= 0.6 is 0 Å². The molecule has 1 fully saturated rings. The van der Waals surface area contributed by atoms with Crippen LogP contribution in [-0.2, 0) is 0 Å². The molecule has 2 rings (SSSR count). The molecule has 0 spiro atoms. The smallest absolute Gasteiger partial charge is 0.254 e. The average Bonchev–Trinajstić information content (AvgIpc) is 2.42. The summed E-state index contributed by atoms with van der Waals surface area (Å²) in [7, 11) is 0. The van der Waals surface area contributed by atoms with Crippen LogP contribution in [0.2, 0.25) is 0 Å². The molecule has 4 heteroatoms. The van der Waals surface area contributed by atoms with E-state index >= 15 is 0 Å². The van der Waals surface area contributed by atoms with Gasteiger partial charge in [-0.05, 0) is 37.0 Å². The first-order valence-corrected chi connectivity index (χ1v) is 7.77. The minimum absolute atomic E-state index is 0.114. The summed E-state index contributed by atoms with van der Waals surface area (Å²) in [5, 5.41) is 0.